The zero-order valence-electron chi connectivity index (χ0n) is 12.6. The van der Waals surface area contributed by atoms with E-state index in [0.29, 0.717) is 24.6 Å². The smallest absolute Gasteiger partial charge is 0.254 e. The van der Waals surface area contributed by atoms with Crippen molar-refractivity contribution in [1.29, 1.82) is 0 Å². The zero-order chi connectivity index (χ0) is 15.2. The average molecular weight is 293 g/mol. The van der Waals surface area contributed by atoms with Crippen molar-refractivity contribution < 1.29 is 9.18 Å². The fourth-order valence-corrected chi connectivity index (χ4v) is 2.68. The van der Waals surface area contributed by atoms with E-state index in [1.54, 1.807) is 12.1 Å². The van der Waals surface area contributed by atoms with Gasteiger partial charge in [-0.1, -0.05) is 13.0 Å². The molecule has 1 amide bonds. The molecule has 1 atom stereocenters. The van der Waals surface area contributed by atoms with Gasteiger partial charge in [0.15, 0.2) is 0 Å². The van der Waals surface area contributed by atoms with Crippen molar-refractivity contribution in [1.82, 2.24) is 9.80 Å². The van der Waals surface area contributed by atoms with E-state index in [1.165, 1.54) is 12.1 Å². The van der Waals surface area contributed by atoms with Crippen molar-refractivity contribution in [2.24, 2.45) is 11.7 Å². The molecule has 1 aliphatic heterocycles. The van der Waals surface area contributed by atoms with Crippen LogP contribution in [0.25, 0.3) is 0 Å². The first-order valence-electron chi connectivity index (χ1n) is 7.57. The molecule has 0 radical (unpaired) electrons. The van der Waals surface area contributed by atoms with Crippen molar-refractivity contribution in [2.75, 3.05) is 39.3 Å². The van der Waals surface area contributed by atoms with E-state index < -0.39 is 0 Å². The fourth-order valence-electron chi connectivity index (χ4n) is 2.68. The molecule has 2 rings (SSSR count). The van der Waals surface area contributed by atoms with Gasteiger partial charge in [-0.3, -0.25) is 4.79 Å². The molecular formula is C16H24FN3O. The Hall–Kier alpha value is -1.46. The highest BCUT2D eigenvalue weighted by molar-refractivity contribution is 5.94. The highest BCUT2D eigenvalue weighted by Crippen LogP contribution is 2.11. The standard InChI is InChI=1S/C16H24FN3O/c1-13(11-18)12-19-6-3-7-20(9-8-19)16(21)14-4-2-5-15(17)10-14/h2,4-5,10,13H,3,6-9,11-12,18H2,1H3. The van der Waals surface area contributed by atoms with Gasteiger partial charge in [0, 0.05) is 31.7 Å². The number of carbonyl (C=O) groups is 1. The van der Waals surface area contributed by atoms with Gasteiger partial charge in [0.2, 0.25) is 0 Å². The number of benzene rings is 1. The summed E-state index contributed by atoms with van der Waals surface area (Å²) in [5, 5.41) is 0. The minimum atomic E-state index is -0.367. The molecule has 0 bridgehead atoms. The molecule has 21 heavy (non-hydrogen) atoms. The van der Waals surface area contributed by atoms with Gasteiger partial charge in [-0.25, -0.2) is 4.39 Å². The van der Waals surface area contributed by atoms with E-state index in [0.717, 1.165) is 32.6 Å². The van der Waals surface area contributed by atoms with Crippen LogP contribution in [0.1, 0.15) is 23.7 Å². The van der Waals surface area contributed by atoms with Gasteiger partial charge in [-0.2, -0.15) is 0 Å². The number of nitrogens with zero attached hydrogens (tertiary/aromatic N) is 2. The number of nitrogens with two attached hydrogens (primary N) is 1. The van der Waals surface area contributed by atoms with E-state index in [2.05, 4.69) is 11.8 Å². The number of rotatable bonds is 4. The Kier molecular flexibility index (Phi) is 5.70. The third-order valence-corrected chi connectivity index (χ3v) is 3.92. The van der Waals surface area contributed by atoms with Crippen LogP contribution in [0, 0.1) is 11.7 Å². The van der Waals surface area contributed by atoms with Gasteiger partial charge in [0.1, 0.15) is 5.82 Å². The molecule has 0 saturated carbocycles. The van der Waals surface area contributed by atoms with Crippen LogP contribution < -0.4 is 5.73 Å². The molecule has 0 aromatic heterocycles. The van der Waals surface area contributed by atoms with Crippen molar-refractivity contribution in [3.63, 3.8) is 0 Å². The molecule has 2 N–H and O–H groups in total. The lowest BCUT2D eigenvalue weighted by atomic mass is 10.1. The quantitative estimate of drug-likeness (QED) is 0.917. The Morgan fingerprint density at radius 1 is 1.33 bits per heavy atom. The number of hydrogen-bond donors (Lipinski definition) is 1. The molecule has 1 aromatic carbocycles. The van der Waals surface area contributed by atoms with Crippen molar-refractivity contribution >= 4 is 5.91 Å². The summed E-state index contributed by atoms with van der Waals surface area (Å²) in [6.07, 6.45) is 0.943. The van der Waals surface area contributed by atoms with Crippen LogP contribution >= 0.6 is 0 Å². The Balaban J connectivity index is 1.95. The first-order chi connectivity index (χ1) is 10.1. The van der Waals surface area contributed by atoms with E-state index in [4.69, 9.17) is 5.73 Å². The maximum atomic E-state index is 13.2. The molecule has 1 fully saturated rings. The summed E-state index contributed by atoms with van der Waals surface area (Å²) in [7, 11) is 0. The molecule has 1 heterocycles. The largest absolute Gasteiger partial charge is 0.337 e. The molecule has 1 unspecified atom stereocenters. The van der Waals surface area contributed by atoms with Gasteiger partial charge in [0.05, 0.1) is 0 Å². The number of amides is 1. The van der Waals surface area contributed by atoms with Crippen LogP contribution in [0.2, 0.25) is 0 Å². The number of carbonyl (C=O) groups excluding carboxylic acids is 1. The summed E-state index contributed by atoms with van der Waals surface area (Å²) in [5.41, 5.74) is 6.10. The second-order valence-corrected chi connectivity index (χ2v) is 5.80. The minimum Gasteiger partial charge on any atom is -0.337 e. The molecule has 5 heteroatoms. The van der Waals surface area contributed by atoms with Crippen LogP contribution in [0.4, 0.5) is 4.39 Å². The third kappa shape index (κ3) is 4.51. The molecule has 116 valence electrons. The first-order valence-corrected chi connectivity index (χ1v) is 7.57. The lowest BCUT2D eigenvalue weighted by Gasteiger charge is -2.24. The predicted molar refractivity (Wildman–Crippen MR) is 81.6 cm³/mol. The molecule has 0 spiro atoms. The Bertz CT molecular complexity index is 480. The second kappa shape index (κ2) is 7.52. The van der Waals surface area contributed by atoms with E-state index in [1.807, 2.05) is 4.90 Å². The van der Waals surface area contributed by atoms with Gasteiger partial charge < -0.3 is 15.5 Å². The molecule has 4 nitrogen and oxygen atoms in total. The SMILES string of the molecule is CC(CN)CN1CCCN(C(=O)c2cccc(F)c2)CC1. The van der Waals surface area contributed by atoms with Crippen LogP contribution in [0.3, 0.4) is 0 Å². The molecular weight excluding hydrogens is 269 g/mol. The summed E-state index contributed by atoms with van der Waals surface area (Å²) < 4.78 is 13.2. The Labute approximate surface area is 125 Å². The first kappa shape index (κ1) is 15.9. The van der Waals surface area contributed by atoms with Crippen LogP contribution in [0.15, 0.2) is 24.3 Å². The summed E-state index contributed by atoms with van der Waals surface area (Å²) in [6, 6.07) is 5.91. The van der Waals surface area contributed by atoms with Gasteiger partial charge in [-0.15, -0.1) is 0 Å². The molecule has 1 aliphatic rings. The fraction of sp³-hybridized carbons (Fsp3) is 0.562. The average Bonchev–Trinajstić information content (AvgIpc) is 2.72. The Morgan fingerprint density at radius 2 is 2.14 bits per heavy atom. The van der Waals surface area contributed by atoms with E-state index in [9.17, 15) is 9.18 Å². The summed E-state index contributed by atoms with van der Waals surface area (Å²) in [4.78, 5) is 16.6. The normalized spacial score (nSPS) is 18.3. The summed E-state index contributed by atoms with van der Waals surface area (Å²) in [5.74, 6) is 0.0211. The third-order valence-electron chi connectivity index (χ3n) is 3.92. The predicted octanol–water partition coefficient (Wildman–Crippen LogP) is 1.57. The van der Waals surface area contributed by atoms with Crippen LogP contribution in [0.5, 0.6) is 0 Å². The zero-order valence-corrected chi connectivity index (χ0v) is 12.6. The lowest BCUT2D eigenvalue weighted by Crippen LogP contribution is -2.37. The highest BCUT2D eigenvalue weighted by atomic mass is 19.1. The molecule has 1 saturated heterocycles. The monoisotopic (exact) mass is 293 g/mol. The molecule has 1 aromatic rings. The number of halogens is 1. The van der Waals surface area contributed by atoms with Crippen LogP contribution in [-0.2, 0) is 0 Å². The second-order valence-electron chi connectivity index (χ2n) is 5.80. The maximum Gasteiger partial charge on any atom is 0.254 e. The van der Waals surface area contributed by atoms with E-state index in [-0.39, 0.29) is 11.7 Å². The van der Waals surface area contributed by atoms with Crippen LogP contribution in [-0.4, -0.2) is 55.0 Å². The minimum absolute atomic E-state index is 0.0803. The number of hydrogen-bond acceptors (Lipinski definition) is 3. The van der Waals surface area contributed by atoms with E-state index >= 15 is 0 Å². The van der Waals surface area contributed by atoms with Gasteiger partial charge in [-0.05, 0) is 43.6 Å². The lowest BCUT2D eigenvalue weighted by molar-refractivity contribution is 0.0760. The maximum absolute atomic E-state index is 13.2. The topological polar surface area (TPSA) is 49.6 Å². The summed E-state index contributed by atoms with van der Waals surface area (Å²) >= 11 is 0. The van der Waals surface area contributed by atoms with Gasteiger partial charge >= 0.3 is 0 Å². The van der Waals surface area contributed by atoms with Crippen molar-refractivity contribution in [3.05, 3.63) is 35.6 Å². The van der Waals surface area contributed by atoms with Gasteiger partial charge in [0.25, 0.3) is 5.91 Å². The highest BCUT2D eigenvalue weighted by Gasteiger charge is 2.21. The van der Waals surface area contributed by atoms with Crippen molar-refractivity contribution in [2.45, 2.75) is 13.3 Å². The molecule has 0 aliphatic carbocycles. The Morgan fingerprint density at radius 3 is 2.86 bits per heavy atom. The van der Waals surface area contributed by atoms with Crippen molar-refractivity contribution in [3.8, 4) is 0 Å². The summed E-state index contributed by atoms with van der Waals surface area (Å²) in [6.45, 7) is 7.04.